The van der Waals surface area contributed by atoms with E-state index < -0.39 is 23.8 Å². The largest absolute Gasteiger partial charge is 1.00 e. The van der Waals surface area contributed by atoms with Crippen molar-refractivity contribution in [3.63, 3.8) is 0 Å². The summed E-state index contributed by atoms with van der Waals surface area (Å²) in [6.07, 6.45) is 1.24. The number of carbonyl (C=O) groups excluding carboxylic acids is 4. The van der Waals surface area contributed by atoms with E-state index in [1.807, 2.05) is 0 Å². The van der Waals surface area contributed by atoms with Gasteiger partial charge in [0, 0.05) is 19.6 Å². The number of amides is 4. The molecule has 1 aliphatic rings. The molecule has 20 heavy (non-hydrogen) atoms. The van der Waals surface area contributed by atoms with Crippen LogP contribution >= 0.6 is 9.90 Å². The van der Waals surface area contributed by atoms with E-state index in [2.05, 4.69) is 0 Å². The first kappa shape index (κ1) is 21.4. The van der Waals surface area contributed by atoms with Crippen LogP contribution in [0.25, 0.3) is 0 Å². The summed E-state index contributed by atoms with van der Waals surface area (Å²) < 4.78 is 0. The van der Waals surface area contributed by atoms with Gasteiger partial charge in [0.2, 0.25) is 11.8 Å². The third-order valence-electron chi connectivity index (χ3n) is 2.76. The van der Waals surface area contributed by atoms with Gasteiger partial charge in [-0.25, -0.2) is 4.79 Å². The van der Waals surface area contributed by atoms with Gasteiger partial charge in [-0.1, -0.05) is 6.42 Å². The van der Waals surface area contributed by atoms with Gasteiger partial charge in [0.25, 0.3) is 0 Å². The monoisotopic (exact) mass is 295 g/mol. The number of aliphatic carboxylic acids is 1. The Labute approximate surface area is 132 Å². The quantitative estimate of drug-likeness (QED) is 0.219. The minimum atomic E-state index is -1.11. The van der Waals surface area contributed by atoms with Crippen molar-refractivity contribution in [2.24, 2.45) is 0 Å². The zero-order chi connectivity index (χ0) is 13.7. The van der Waals surface area contributed by atoms with Gasteiger partial charge < -0.3 is 19.8 Å². The van der Waals surface area contributed by atoms with Crippen LogP contribution in [0.1, 0.15) is 32.1 Å². The predicted molar refractivity (Wildman–Crippen MR) is 67.7 cm³/mol. The van der Waals surface area contributed by atoms with Gasteiger partial charge in [-0.3, -0.25) is 19.4 Å². The number of imide groups is 2. The van der Waals surface area contributed by atoms with E-state index in [1.54, 1.807) is 0 Å². The number of hydrogen-bond donors (Lipinski definition) is 0. The van der Waals surface area contributed by atoms with E-state index in [0.29, 0.717) is 19.3 Å². The fraction of sp³-hybridized carbons (Fsp3) is 0.636. The molecule has 108 valence electrons. The van der Waals surface area contributed by atoms with E-state index in [0.717, 1.165) is 9.80 Å². The number of barbiturate groups is 1. The van der Waals surface area contributed by atoms with Crippen molar-refractivity contribution in [3.05, 3.63) is 0 Å². The van der Waals surface area contributed by atoms with Gasteiger partial charge in [0.15, 0.2) is 0 Å². The fourth-order valence-electron chi connectivity index (χ4n) is 1.67. The number of hydrogen-bond acceptors (Lipinski definition) is 5. The van der Waals surface area contributed by atoms with Gasteiger partial charge in [0.1, 0.15) is 6.42 Å². The molecule has 1 fully saturated rings. The van der Waals surface area contributed by atoms with Crippen LogP contribution < -0.4 is 24.0 Å². The maximum absolute atomic E-state index is 11.6. The van der Waals surface area contributed by atoms with Crippen LogP contribution in [0.5, 0.6) is 0 Å². The number of nitrogens with zero attached hydrogens (tertiary/aromatic N) is 2. The Bertz CT molecular complexity index is 391. The third-order valence-corrected chi connectivity index (χ3v) is 2.76. The molecule has 7 nitrogen and oxygen atoms in total. The van der Waals surface area contributed by atoms with Crippen molar-refractivity contribution in [1.29, 1.82) is 0 Å². The molecule has 0 saturated carbocycles. The zero-order valence-corrected chi connectivity index (χ0v) is 12.9. The molecule has 0 aromatic rings. The molecule has 0 bridgehead atoms. The average Bonchev–Trinajstić information content (AvgIpc) is 2.29. The molecule has 0 atom stereocenters. The van der Waals surface area contributed by atoms with E-state index >= 15 is 0 Å². The smallest absolute Gasteiger partial charge is 0.577 e. The van der Waals surface area contributed by atoms with Gasteiger partial charge in [-0.15, -0.1) is 0 Å². The second kappa shape index (κ2) is 9.92. The number of carboxylic acids is 1. The Morgan fingerprint density at radius 3 is 2.30 bits per heavy atom. The molecular formula is C11H17LiN2O5P-. The molecule has 1 aliphatic heterocycles. The van der Waals surface area contributed by atoms with Crippen LogP contribution in [0.4, 0.5) is 4.79 Å². The summed E-state index contributed by atoms with van der Waals surface area (Å²) in [5.41, 5.74) is 0. The van der Waals surface area contributed by atoms with E-state index in [1.165, 1.54) is 7.05 Å². The van der Waals surface area contributed by atoms with Crippen LogP contribution in [-0.2, 0) is 14.4 Å². The normalized spacial score (nSPS) is 14.8. The summed E-state index contributed by atoms with van der Waals surface area (Å²) in [6, 6.07) is -0.615. The first-order valence-electron chi connectivity index (χ1n) is 5.74. The van der Waals surface area contributed by atoms with Gasteiger partial charge in [0.05, 0.1) is 0 Å². The maximum atomic E-state index is 11.6. The Kier molecular flexibility index (Phi) is 10.6. The number of carbonyl (C=O) groups is 4. The SMILES string of the molecule is CN1C(=O)CC(=O)N(CCCCCC(=O)[O-])C1=O.[Li+].[PH2-]. The first-order valence-corrected chi connectivity index (χ1v) is 5.74. The third kappa shape index (κ3) is 6.04. The summed E-state index contributed by atoms with van der Waals surface area (Å²) in [5, 5.41) is 10.2. The molecule has 0 N–H and O–H groups in total. The Balaban J connectivity index is 0. The molecule has 9 heteroatoms. The maximum Gasteiger partial charge on any atom is 1.00 e. The Hall–Kier alpha value is -0.893. The van der Waals surface area contributed by atoms with Crippen LogP contribution in [0, 0.1) is 0 Å². The molecule has 0 radical (unpaired) electrons. The van der Waals surface area contributed by atoms with E-state index in [4.69, 9.17) is 0 Å². The number of carboxylic acid groups (broad SMARTS) is 1. The van der Waals surface area contributed by atoms with Crippen LogP contribution in [0.2, 0.25) is 0 Å². The number of unbranched alkanes of at least 4 members (excludes halogenated alkanes) is 2. The van der Waals surface area contributed by atoms with Crippen LogP contribution in [0.3, 0.4) is 0 Å². The summed E-state index contributed by atoms with van der Waals surface area (Å²) in [4.78, 5) is 46.4. The predicted octanol–water partition coefficient (Wildman–Crippen LogP) is -3.56. The van der Waals surface area contributed by atoms with Crippen molar-refractivity contribution in [1.82, 2.24) is 9.80 Å². The minimum Gasteiger partial charge on any atom is -0.577 e. The molecule has 1 rings (SSSR count). The molecule has 4 amide bonds. The van der Waals surface area contributed by atoms with Gasteiger partial charge >= 0.3 is 24.9 Å². The van der Waals surface area contributed by atoms with Crippen molar-refractivity contribution < 1.29 is 43.1 Å². The molecule has 1 heterocycles. The average molecular weight is 295 g/mol. The van der Waals surface area contributed by atoms with E-state index in [9.17, 15) is 24.3 Å². The number of urea groups is 1. The first-order chi connectivity index (χ1) is 8.43. The molecule has 0 spiro atoms. The van der Waals surface area contributed by atoms with Gasteiger partial charge in [-0.2, -0.15) is 0 Å². The molecule has 0 aromatic heterocycles. The standard InChI is InChI=1S/C11H16N2O5.Li.H2P/c1-12-8(14)7-9(15)13(11(12)18)6-4-2-3-5-10(16)17;;/h2-7H2,1H3,(H,16,17);;1H2/q;+1;-1/p-1. The second-order valence-electron chi connectivity index (χ2n) is 4.14. The minimum absolute atomic E-state index is 0. The summed E-state index contributed by atoms with van der Waals surface area (Å²) >= 11 is 0. The summed E-state index contributed by atoms with van der Waals surface area (Å²) in [6.45, 7) is 0.211. The van der Waals surface area contributed by atoms with Gasteiger partial charge in [-0.05, 0) is 19.3 Å². The molecule has 1 saturated heterocycles. The van der Waals surface area contributed by atoms with Crippen LogP contribution in [0.15, 0.2) is 0 Å². The Morgan fingerprint density at radius 1 is 1.15 bits per heavy atom. The summed E-state index contributed by atoms with van der Waals surface area (Å²) in [7, 11) is 1.33. The van der Waals surface area contributed by atoms with E-state index in [-0.39, 0.29) is 48.1 Å². The molecular weight excluding hydrogens is 278 g/mol. The summed E-state index contributed by atoms with van der Waals surface area (Å²) in [5.74, 6) is -2.10. The van der Waals surface area contributed by atoms with Crippen molar-refractivity contribution in [2.75, 3.05) is 13.6 Å². The van der Waals surface area contributed by atoms with Crippen molar-refractivity contribution in [3.8, 4) is 0 Å². The zero-order valence-electron chi connectivity index (χ0n) is 11.8. The molecule has 0 aromatic carbocycles. The molecule has 0 aliphatic carbocycles. The number of rotatable bonds is 6. The Morgan fingerprint density at radius 2 is 1.75 bits per heavy atom. The topological polar surface area (TPSA) is 97.8 Å². The molecule has 0 unspecified atom stereocenters. The van der Waals surface area contributed by atoms with Crippen LogP contribution in [-0.4, -0.2) is 47.2 Å². The fourth-order valence-corrected chi connectivity index (χ4v) is 1.67. The van der Waals surface area contributed by atoms with Crippen molar-refractivity contribution >= 4 is 33.7 Å². The van der Waals surface area contributed by atoms with Crippen molar-refractivity contribution in [2.45, 2.75) is 32.1 Å². The second-order valence-corrected chi connectivity index (χ2v) is 4.14.